The first kappa shape index (κ1) is 14.3. The van der Waals surface area contributed by atoms with Crippen molar-refractivity contribution in [2.45, 2.75) is 36.2 Å². The molecule has 3 N–H and O–H groups in total. The van der Waals surface area contributed by atoms with Crippen LogP contribution in [-0.4, -0.2) is 30.7 Å². The van der Waals surface area contributed by atoms with Crippen molar-refractivity contribution in [3.63, 3.8) is 0 Å². The van der Waals surface area contributed by atoms with E-state index in [0.717, 1.165) is 12.8 Å². The van der Waals surface area contributed by atoms with E-state index < -0.39 is 21.4 Å². The lowest BCUT2D eigenvalue weighted by Crippen LogP contribution is -2.40. The monoisotopic (exact) mass is 312 g/mol. The van der Waals surface area contributed by atoms with Crippen molar-refractivity contribution in [3.05, 3.63) is 28.7 Å². The number of H-pyrrole nitrogens is 1. The molecule has 7 nitrogen and oxygen atoms in total. The van der Waals surface area contributed by atoms with Crippen molar-refractivity contribution >= 4 is 21.1 Å². The lowest BCUT2D eigenvalue weighted by molar-refractivity contribution is 0.0532. The summed E-state index contributed by atoms with van der Waals surface area (Å²) < 4.78 is 31.7. The van der Waals surface area contributed by atoms with E-state index in [1.165, 1.54) is 18.2 Å². The summed E-state index contributed by atoms with van der Waals surface area (Å²) in [5, 5.41) is 10.2. The van der Waals surface area contributed by atoms with Gasteiger partial charge in [0.25, 0.3) is 0 Å². The van der Waals surface area contributed by atoms with Crippen LogP contribution in [0.15, 0.2) is 32.3 Å². The van der Waals surface area contributed by atoms with Crippen LogP contribution in [-0.2, 0) is 10.0 Å². The molecule has 0 radical (unpaired) electrons. The molecule has 1 aliphatic carbocycles. The predicted molar refractivity (Wildman–Crippen MR) is 75.4 cm³/mol. The minimum atomic E-state index is -3.75. The van der Waals surface area contributed by atoms with E-state index in [9.17, 15) is 18.3 Å². The maximum absolute atomic E-state index is 12.2. The molecule has 1 aromatic heterocycles. The second-order valence-corrected chi connectivity index (χ2v) is 7.20. The molecule has 0 aliphatic heterocycles. The van der Waals surface area contributed by atoms with Gasteiger partial charge in [0.15, 0.2) is 5.58 Å². The summed E-state index contributed by atoms with van der Waals surface area (Å²) >= 11 is 0. The summed E-state index contributed by atoms with van der Waals surface area (Å²) in [6.07, 6.45) is 3.00. The van der Waals surface area contributed by atoms with Gasteiger partial charge < -0.3 is 9.52 Å². The lowest BCUT2D eigenvalue weighted by Gasteiger charge is -2.22. The summed E-state index contributed by atoms with van der Waals surface area (Å²) in [5.74, 6) is -0.632. The summed E-state index contributed by atoms with van der Waals surface area (Å²) in [6, 6.07) is 4.14. The highest BCUT2D eigenvalue weighted by molar-refractivity contribution is 7.89. The number of nitrogens with one attached hydrogen (secondary N) is 2. The Kier molecular flexibility index (Phi) is 3.39. The number of sulfonamides is 1. The molecule has 0 unspecified atom stereocenters. The number of rotatable bonds is 4. The molecule has 1 aromatic carbocycles. The number of oxazole rings is 1. The standard InChI is InChI=1S/C13H16N2O5S/c16-12-15-10-4-3-9(7-11(10)20-12)21(18,19)14-8-13(17)5-1-2-6-13/h3-4,7,14,17H,1-2,5-6,8H2,(H,15,16). The Balaban J connectivity index is 1.83. The fraction of sp³-hybridized carbons (Fsp3) is 0.462. The summed E-state index contributed by atoms with van der Waals surface area (Å²) in [5.41, 5.74) is -0.339. The third kappa shape index (κ3) is 2.87. The Bertz CT molecular complexity index is 814. The van der Waals surface area contributed by atoms with Crippen molar-refractivity contribution in [1.29, 1.82) is 0 Å². The van der Waals surface area contributed by atoms with Crippen LogP contribution in [0.25, 0.3) is 11.1 Å². The molecular formula is C13H16N2O5S. The van der Waals surface area contributed by atoms with Gasteiger partial charge in [0.05, 0.1) is 16.0 Å². The normalized spacial score (nSPS) is 18.3. The molecular weight excluding hydrogens is 296 g/mol. The zero-order valence-electron chi connectivity index (χ0n) is 11.3. The molecule has 0 spiro atoms. The number of aromatic nitrogens is 1. The zero-order valence-corrected chi connectivity index (χ0v) is 12.1. The van der Waals surface area contributed by atoms with Crippen molar-refractivity contribution in [2.75, 3.05) is 6.54 Å². The molecule has 3 rings (SSSR count). The second-order valence-electron chi connectivity index (χ2n) is 5.43. The van der Waals surface area contributed by atoms with Gasteiger partial charge in [0, 0.05) is 12.6 Å². The Hall–Kier alpha value is -1.64. The number of aromatic amines is 1. The van der Waals surface area contributed by atoms with E-state index in [1.54, 1.807) is 0 Å². The van der Waals surface area contributed by atoms with Crippen LogP contribution in [0.1, 0.15) is 25.7 Å². The fourth-order valence-corrected chi connectivity index (χ4v) is 3.75. The van der Waals surface area contributed by atoms with Gasteiger partial charge in [-0.15, -0.1) is 0 Å². The average Bonchev–Trinajstić information content (AvgIpc) is 3.01. The first-order valence-corrected chi connectivity index (χ1v) is 8.21. The molecule has 114 valence electrons. The number of hydrogen-bond donors (Lipinski definition) is 3. The number of hydrogen-bond acceptors (Lipinski definition) is 5. The van der Waals surface area contributed by atoms with E-state index in [2.05, 4.69) is 9.71 Å². The molecule has 21 heavy (non-hydrogen) atoms. The quantitative estimate of drug-likeness (QED) is 0.769. The molecule has 1 saturated carbocycles. The Morgan fingerprint density at radius 2 is 2.05 bits per heavy atom. The van der Waals surface area contributed by atoms with Gasteiger partial charge in [-0.25, -0.2) is 17.9 Å². The third-order valence-electron chi connectivity index (χ3n) is 3.83. The molecule has 0 atom stereocenters. The Morgan fingerprint density at radius 3 is 2.76 bits per heavy atom. The topological polar surface area (TPSA) is 112 Å². The molecule has 8 heteroatoms. The molecule has 2 aromatic rings. The van der Waals surface area contributed by atoms with Crippen LogP contribution in [0.4, 0.5) is 0 Å². The summed E-state index contributed by atoms with van der Waals surface area (Å²) in [7, 11) is -3.75. The molecule has 0 amide bonds. The van der Waals surface area contributed by atoms with Gasteiger partial charge in [-0.05, 0) is 25.0 Å². The first-order valence-electron chi connectivity index (χ1n) is 6.73. The largest absolute Gasteiger partial charge is 0.417 e. The van der Waals surface area contributed by atoms with Crippen LogP contribution in [0, 0.1) is 0 Å². The van der Waals surface area contributed by atoms with E-state index in [-0.39, 0.29) is 17.0 Å². The molecule has 0 saturated heterocycles. The highest BCUT2D eigenvalue weighted by atomic mass is 32.2. The first-order chi connectivity index (χ1) is 9.88. The molecule has 1 heterocycles. The third-order valence-corrected chi connectivity index (χ3v) is 5.23. The highest BCUT2D eigenvalue weighted by Crippen LogP contribution is 2.29. The molecule has 0 bridgehead atoms. The minimum absolute atomic E-state index is 0.000605. The van der Waals surface area contributed by atoms with Crippen molar-refractivity contribution in [3.8, 4) is 0 Å². The maximum Gasteiger partial charge on any atom is 0.417 e. The number of benzene rings is 1. The van der Waals surface area contributed by atoms with Crippen LogP contribution in [0.3, 0.4) is 0 Å². The van der Waals surface area contributed by atoms with E-state index in [0.29, 0.717) is 18.4 Å². The molecule has 1 fully saturated rings. The van der Waals surface area contributed by atoms with E-state index in [1.807, 2.05) is 0 Å². The lowest BCUT2D eigenvalue weighted by atomic mass is 10.0. The van der Waals surface area contributed by atoms with Gasteiger partial charge in [0.1, 0.15) is 0 Å². The summed E-state index contributed by atoms with van der Waals surface area (Å²) in [4.78, 5) is 13.5. The van der Waals surface area contributed by atoms with Crippen LogP contribution in [0.2, 0.25) is 0 Å². The van der Waals surface area contributed by atoms with Crippen molar-refractivity contribution < 1.29 is 17.9 Å². The van der Waals surface area contributed by atoms with Crippen molar-refractivity contribution in [2.24, 2.45) is 0 Å². The van der Waals surface area contributed by atoms with Gasteiger partial charge in [0.2, 0.25) is 10.0 Å². The number of fused-ring (bicyclic) bond motifs is 1. The SMILES string of the molecule is O=c1[nH]c2ccc(S(=O)(=O)NCC3(O)CCCC3)cc2o1. The predicted octanol–water partition coefficient (Wildman–Crippen LogP) is 0.704. The number of aliphatic hydroxyl groups is 1. The highest BCUT2D eigenvalue weighted by Gasteiger charge is 2.32. The van der Waals surface area contributed by atoms with Crippen LogP contribution >= 0.6 is 0 Å². The van der Waals surface area contributed by atoms with Crippen LogP contribution in [0.5, 0.6) is 0 Å². The Morgan fingerprint density at radius 1 is 1.33 bits per heavy atom. The van der Waals surface area contributed by atoms with Crippen LogP contribution < -0.4 is 10.5 Å². The zero-order chi connectivity index (χ0) is 15.1. The minimum Gasteiger partial charge on any atom is -0.408 e. The summed E-state index contributed by atoms with van der Waals surface area (Å²) in [6.45, 7) is -0.00947. The fourth-order valence-electron chi connectivity index (χ4n) is 2.62. The van der Waals surface area contributed by atoms with E-state index in [4.69, 9.17) is 4.42 Å². The van der Waals surface area contributed by atoms with Gasteiger partial charge in [-0.2, -0.15) is 0 Å². The molecule has 1 aliphatic rings. The van der Waals surface area contributed by atoms with Crippen molar-refractivity contribution in [1.82, 2.24) is 9.71 Å². The van der Waals surface area contributed by atoms with Gasteiger partial charge in [-0.1, -0.05) is 12.8 Å². The second kappa shape index (κ2) is 4.97. The van der Waals surface area contributed by atoms with Gasteiger partial charge in [-0.3, -0.25) is 4.98 Å². The van der Waals surface area contributed by atoms with Gasteiger partial charge >= 0.3 is 5.76 Å². The smallest absolute Gasteiger partial charge is 0.408 e. The Labute approximate surface area is 121 Å². The van der Waals surface area contributed by atoms with E-state index >= 15 is 0 Å². The average molecular weight is 312 g/mol. The maximum atomic E-state index is 12.2.